The SMILES string of the molecule is NCC1CCC(CN2CCC(N3CCCC3)C2)O1. The molecule has 0 amide bonds. The van der Waals surface area contributed by atoms with Crippen LogP contribution >= 0.6 is 0 Å². The first-order valence-electron chi connectivity index (χ1n) is 7.67. The van der Waals surface area contributed by atoms with E-state index in [4.69, 9.17) is 10.5 Å². The topological polar surface area (TPSA) is 41.7 Å². The summed E-state index contributed by atoms with van der Waals surface area (Å²) in [5.74, 6) is 0. The molecule has 0 bridgehead atoms. The second-order valence-corrected chi connectivity index (χ2v) is 6.14. The molecule has 0 spiro atoms. The van der Waals surface area contributed by atoms with Gasteiger partial charge >= 0.3 is 0 Å². The molecule has 0 aliphatic carbocycles. The normalized spacial score (nSPS) is 38.8. The van der Waals surface area contributed by atoms with Gasteiger partial charge in [-0.05, 0) is 51.7 Å². The highest BCUT2D eigenvalue weighted by atomic mass is 16.5. The summed E-state index contributed by atoms with van der Waals surface area (Å²) in [5.41, 5.74) is 5.66. The maximum atomic E-state index is 5.95. The van der Waals surface area contributed by atoms with Gasteiger partial charge < -0.3 is 10.5 Å². The predicted molar refractivity (Wildman–Crippen MR) is 72.6 cm³/mol. The second-order valence-electron chi connectivity index (χ2n) is 6.14. The zero-order chi connectivity index (χ0) is 12.4. The van der Waals surface area contributed by atoms with Crippen LogP contribution in [0.15, 0.2) is 0 Å². The van der Waals surface area contributed by atoms with Crippen LogP contribution in [0.5, 0.6) is 0 Å². The van der Waals surface area contributed by atoms with Crippen LogP contribution in [0.3, 0.4) is 0 Å². The van der Waals surface area contributed by atoms with Gasteiger partial charge in [0, 0.05) is 25.7 Å². The van der Waals surface area contributed by atoms with Crippen LogP contribution in [0.4, 0.5) is 0 Å². The van der Waals surface area contributed by atoms with Gasteiger partial charge in [-0.15, -0.1) is 0 Å². The van der Waals surface area contributed by atoms with Gasteiger partial charge in [-0.1, -0.05) is 0 Å². The van der Waals surface area contributed by atoms with Gasteiger partial charge in [0.2, 0.25) is 0 Å². The molecule has 0 aromatic heterocycles. The summed E-state index contributed by atoms with van der Waals surface area (Å²) in [6, 6.07) is 0.819. The van der Waals surface area contributed by atoms with Crippen LogP contribution in [0.2, 0.25) is 0 Å². The summed E-state index contributed by atoms with van der Waals surface area (Å²) in [4.78, 5) is 5.30. The predicted octanol–water partition coefficient (Wildman–Crippen LogP) is 0.663. The lowest BCUT2D eigenvalue weighted by Crippen LogP contribution is -2.37. The largest absolute Gasteiger partial charge is 0.372 e. The Morgan fingerprint density at radius 3 is 2.50 bits per heavy atom. The number of rotatable bonds is 4. The highest BCUT2D eigenvalue weighted by Gasteiger charge is 2.32. The molecule has 3 fully saturated rings. The summed E-state index contributed by atoms with van der Waals surface area (Å²) in [6.45, 7) is 6.98. The minimum Gasteiger partial charge on any atom is -0.372 e. The first-order chi connectivity index (χ1) is 8.85. The molecule has 18 heavy (non-hydrogen) atoms. The number of nitrogens with two attached hydrogens (primary N) is 1. The van der Waals surface area contributed by atoms with Crippen LogP contribution < -0.4 is 5.73 Å². The lowest BCUT2D eigenvalue weighted by Gasteiger charge is -2.25. The van der Waals surface area contributed by atoms with E-state index in [2.05, 4.69) is 9.80 Å². The van der Waals surface area contributed by atoms with E-state index in [0.29, 0.717) is 18.8 Å². The molecule has 0 aromatic rings. The van der Waals surface area contributed by atoms with Gasteiger partial charge in [-0.2, -0.15) is 0 Å². The fourth-order valence-corrected chi connectivity index (χ4v) is 3.76. The number of hydrogen-bond donors (Lipinski definition) is 1. The molecule has 3 unspecified atom stereocenters. The maximum absolute atomic E-state index is 5.95. The molecular formula is C14H27N3O. The minimum absolute atomic E-state index is 0.326. The van der Waals surface area contributed by atoms with Gasteiger partial charge in [0.1, 0.15) is 0 Å². The van der Waals surface area contributed by atoms with Gasteiger partial charge in [-0.3, -0.25) is 9.80 Å². The van der Waals surface area contributed by atoms with Gasteiger partial charge in [0.25, 0.3) is 0 Å². The van der Waals surface area contributed by atoms with Crippen LogP contribution in [-0.4, -0.2) is 67.3 Å². The lowest BCUT2D eigenvalue weighted by atomic mass is 10.2. The Labute approximate surface area is 110 Å². The molecule has 4 heteroatoms. The highest BCUT2D eigenvalue weighted by Crippen LogP contribution is 2.24. The third kappa shape index (κ3) is 2.87. The lowest BCUT2D eigenvalue weighted by molar-refractivity contribution is 0.0303. The van der Waals surface area contributed by atoms with E-state index < -0.39 is 0 Å². The zero-order valence-corrected chi connectivity index (χ0v) is 11.4. The van der Waals surface area contributed by atoms with Crippen molar-refractivity contribution in [2.45, 2.75) is 50.4 Å². The van der Waals surface area contributed by atoms with E-state index >= 15 is 0 Å². The number of ether oxygens (including phenoxy) is 1. The first-order valence-corrected chi connectivity index (χ1v) is 7.67. The molecule has 2 N–H and O–H groups in total. The Hall–Kier alpha value is -0.160. The van der Waals surface area contributed by atoms with Crippen molar-refractivity contribution < 1.29 is 4.74 Å². The highest BCUT2D eigenvalue weighted by molar-refractivity contribution is 4.87. The third-order valence-corrected chi connectivity index (χ3v) is 4.82. The molecule has 3 saturated heterocycles. The Morgan fingerprint density at radius 1 is 1.00 bits per heavy atom. The minimum atomic E-state index is 0.326. The fraction of sp³-hybridized carbons (Fsp3) is 1.00. The van der Waals surface area contributed by atoms with Crippen molar-refractivity contribution in [2.75, 3.05) is 39.3 Å². The number of nitrogens with zero attached hydrogens (tertiary/aromatic N) is 2. The van der Waals surface area contributed by atoms with E-state index in [1.165, 1.54) is 51.9 Å². The van der Waals surface area contributed by atoms with Crippen molar-refractivity contribution in [1.82, 2.24) is 9.80 Å². The summed E-state index contributed by atoms with van der Waals surface area (Å²) >= 11 is 0. The molecule has 0 saturated carbocycles. The molecule has 104 valence electrons. The van der Waals surface area contributed by atoms with Crippen LogP contribution in [0.25, 0.3) is 0 Å². The standard InChI is InChI=1S/C14H27N3O/c15-9-13-3-4-14(18-13)11-16-8-5-12(10-16)17-6-1-2-7-17/h12-14H,1-11,15H2. The molecule has 3 atom stereocenters. The fourth-order valence-electron chi connectivity index (χ4n) is 3.76. The Morgan fingerprint density at radius 2 is 1.78 bits per heavy atom. The van der Waals surface area contributed by atoms with Crippen molar-refractivity contribution in [1.29, 1.82) is 0 Å². The van der Waals surface area contributed by atoms with Crippen LogP contribution in [-0.2, 0) is 4.74 Å². The van der Waals surface area contributed by atoms with E-state index in [-0.39, 0.29) is 0 Å². The summed E-state index contributed by atoms with van der Waals surface area (Å²) in [6.07, 6.45) is 7.29. The summed E-state index contributed by atoms with van der Waals surface area (Å²) < 4.78 is 5.95. The molecule has 3 aliphatic heterocycles. The van der Waals surface area contributed by atoms with Crippen molar-refractivity contribution in [3.8, 4) is 0 Å². The molecule has 3 aliphatic rings. The third-order valence-electron chi connectivity index (χ3n) is 4.82. The maximum Gasteiger partial charge on any atom is 0.0707 e. The van der Waals surface area contributed by atoms with Crippen molar-refractivity contribution >= 4 is 0 Å². The van der Waals surface area contributed by atoms with Crippen molar-refractivity contribution in [3.05, 3.63) is 0 Å². The van der Waals surface area contributed by atoms with Gasteiger partial charge in [-0.25, -0.2) is 0 Å². The molecule has 0 radical (unpaired) electrons. The zero-order valence-electron chi connectivity index (χ0n) is 11.4. The smallest absolute Gasteiger partial charge is 0.0707 e. The Kier molecular flexibility index (Phi) is 4.19. The van der Waals surface area contributed by atoms with E-state index in [0.717, 1.165) is 19.0 Å². The van der Waals surface area contributed by atoms with Crippen molar-refractivity contribution in [3.63, 3.8) is 0 Å². The number of likely N-dealkylation sites (tertiary alicyclic amines) is 2. The van der Waals surface area contributed by atoms with Crippen LogP contribution in [0.1, 0.15) is 32.1 Å². The average molecular weight is 253 g/mol. The van der Waals surface area contributed by atoms with E-state index in [1.807, 2.05) is 0 Å². The van der Waals surface area contributed by atoms with E-state index in [1.54, 1.807) is 0 Å². The Bertz CT molecular complexity index is 268. The average Bonchev–Trinajstić information content (AvgIpc) is 3.10. The van der Waals surface area contributed by atoms with Crippen LogP contribution in [0, 0.1) is 0 Å². The first kappa shape index (κ1) is 12.9. The van der Waals surface area contributed by atoms with Gasteiger partial charge in [0.15, 0.2) is 0 Å². The summed E-state index contributed by atoms with van der Waals surface area (Å²) in [5, 5.41) is 0. The van der Waals surface area contributed by atoms with Crippen molar-refractivity contribution in [2.24, 2.45) is 5.73 Å². The summed E-state index contributed by atoms with van der Waals surface area (Å²) in [7, 11) is 0. The quantitative estimate of drug-likeness (QED) is 0.799. The van der Waals surface area contributed by atoms with E-state index in [9.17, 15) is 0 Å². The Balaban J connectivity index is 1.42. The number of hydrogen-bond acceptors (Lipinski definition) is 4. The molecular weight excluding hydrogens is 226 g/mol. The molecule has 3 rings (SSSR count). The molecule has 3 heterocycles. The molecule has 4 nitrogen and oxygen atoms in total. The second kappa shape index (κ2) is 5.87. The molecule has 0 aromatic carbocycles. The van der Waals surface area contributed by atoms with Gasteiger partial charge in [0.05, 0.1) is 12.2 Å². The monoisotopic (exact) mass is 253 g/mol.